The maximum absolute atomic E-state index is 3.63. The van der Waals surface area contributed by atoms with Gasteiger partial charge in [0.1, 0.15) is 0 Å². The van der Waals surface area contributed by atoms with Crippen molar-refractivity contribution in [2.75, 3.05) is 19.6 Å². The average molecular weight is 255 g/mol. The Morgan fingerprint density at radius 1 is 1.41 bits per heavy atom. The molecule has 1 unspecified atom stereocenters. The Kier molecular flexibility index (Phi) is 6.56. The monoisotopic (exact) mass is 254 g/mol. The van der Waals surface area contributed by atoms with Crippen molar-refractivity contribution in [1.82, 2.24) is 10.6 Å². The van der Waals surface area contributed by atoms with Crippen LogP contribution in [-0.4, -0.2) is 25.7 Å². The molecule has 17 heavy (non-hydrogen) atoms. The third kappa shape index (κ3) is 5.07. The molecular formula is C14H23ClN2. The quantitative estimate of drug-likeness (QED) is 0.862. The van der Waals surface area contributed by atoms with Crippen molar-refractivity contribution in [2.24, 2.45) is 0 Å². The minimum atomic E-state index is 0. The minimum Gasteiger partial charge on any atom is -0.315 e. The second-order valence-corrected chi connectivity index (χ2v) is 4.74. The molecule has 0 amide bonds. The fourth-order valence-corrected chi connectivity index (χ4v) is 2.31. The van der Waals surface area contributed by atoms with Gasteiger partial charge in [-0.2, -0.15) is 0 Å². The highest BCUT2D eigenvalue weighted by Gasteiger charge is 2.11. The van der Waals surface area contributed by atoms with Crippen molar-refractivity contribution in [3.63, 3.8) is 0 Å². The van der Waals surface area contributed by atoms with E-state index in [2.05, 4.69) is 41.8 Å². The number of hydrogen-bond acceptors (Lipinski definition) is 2. The Morgan fingerprint density at radius 2 is 2.29 bits per heavy atom. The van der Waals surface area contributed by atoms with Crippen LogP contribution >= 0.6 is 12.4 Å². The lowest BCUT2D eigenvalue weighted by molar-refractivity contribution is 0.392. The number of aryl methyl sites for hydroxylation is 1. The lowest BCUT2D eigenvalue weighted by atomic mass is 10.1. The summed E-state index contributed by atoms with van der Waals surface area (Å²) in [4.78, 5) is 0. The molecule has 1 fully saturated rings. The molecule has 0 saturated carbocycles. The summed E-state index contributed by atoms with van der Waals surface area (Å²) >= 11 is 0. The molecule has 1 heterocycles. The van der Waals surface area contributed by atoms with E-state index in [1.54, 1.807) is 0 Å². The highest BCUT2D eigenvalue weighted by molar-refractivity contribution is 5.85. The summed E-state index contributed by atoms with van der Waals surface area (Å²) in [5, 5.41) is 7.06. The molecule has 0 bridgehead atoms. The Morgan fingerprint density at radius 3 is 3.00 bits per heavy atom. The Bertz CT molecular complexity index is 322. The van der Waals surface area contributed by atoms with Crippen LogP contribution in [-0.2, 0) is 6.42 Å². The van der Waals surface area contributed by atoms with E-state index in [1.807, 2.05) is 0 Å². The van der Waals surface area contributed by atoms with Crippen molar-refractivity contribution in [3.8, 4) is 0 Å². The molecule has 1 aliphatic heterocycles. The maximum atomic E-state index is 3.63. The SMILES string of the molecule is Cc1cccc(CCNC2CCCNC2)c1.Cl. The zero-order valence-electron chi connectivity index (χ0n) is 10.5. The lowest BCUT2D eigenvalue weighted by Gasteiger charge is -2.23. The van der Waals surface area contributed by atoms with Gasteiger partial charge in [0.25, 0.3) is 0 Å². The largest absolute Gasteiger partial charge is 0.315 e. The number of halogens is 1. The number of nitrogens with one attached hydrogen (secondary N) is 2. The molecule has 1 aromatic carbocycles. The van der Waals surface area contributed by atoms with E-state index < -0.39 is 0 Å². The van der Waals surface area contributed by atoms with E-state index in [9.17, 15) is 0 Å². The summed E-state index contributed by atoms with van der Waals surface area (Å²) in [5.74, 6) is 0. The van der Waals surface area contributed by atoms with Gasteiger partial charge in [-0.1, -0.05) is 29.8 Å². The molecule has 3 heteroatoms. The van der Waals surface area contributed by atoms with E-state index in [0.717, 1.165) is 19.5 Å². The second kappa shape index (κ2) is 7.70. The van der Waals surface area contributed by atoms with Crippen LogP contribution in [0.4, 0.5) is 0 Å². The van der Waals surface area contributed by atoms with E-state index in [4.69, 9.17) is 0 Å². The summed E-state index contributed by atoms with van der Waals surface area (Å²) in [6.07, 6.45) is 3.76. The number of hydrogen-bond donors (Lipinski definition) is 2. The number of rotatable bonds is 4. The Hall–Kier alpha value is -0.570. The molecule has 0 aliphatic carbocycles. The van der Waals surface area contributed by atoms with Crippen LogP contribution in [0.2, 0.25) is 0 Å². The summed E-state index contributed by atoms with van der Waals surface area (Å²) in [7, 11) is 0. The van der Waals surface area contributed by atoms with Gasteiger partial charge in [-0.3, -0.25) is 0 Å². The average Bonchev–Trinajstić information content (AvgIpc) is 2.30. The van der Waals surface area contributed by atoms with Crippen LogP contribution in [0.15, 0.2) is 24.3 Å². The first kappa shape index (κ1) is 14.5. The van der Waals surface area contributed by atoms with Crippen molar-refractivity contribution >= 4 is 12.4 Å². The van der Waals surface area contributed by atoms with Crippen molar-refractivity contribution < 1.29 is 0 Å². The topological polar surface area (TPSA) is 24.1 Å². The van der Waals surface area contributed by atoms with Crippen molar-refractivity contribution in [1.29, 1.82) is 0 Å². The molecule has 1 atom stereocenters. The second-order valence-electron chi connectivity index (χ2n) is 4.74. The zero-order chi connectivity index (χ0) is 11.2. The van der Waals surface area contributed by atoms with Gasteiger partial charge in [-0.05, 0) is 44.8 Å². The van der Waals surface area contributed by atoms with Gasteiger partial charge in [0.2, 0.25) is 0 Å². The molecule has 1 saturated heterocycles. The number of benzene rings is 1. The van der Waals surface area contributed by atoms with E-state index >= 15 is 0 Å². The predicted molar refractivity (Wildman–Crippen MR) is 76.0 cm³/mol. The first-order valence-electron chi connectivity index (χ1n) is 6.34. The van der Waals surface area contributed by atoms with Crippen LogP contribution in [0, 0.1) is 6.92 Å². The molecule has 1 aromatic rings. The van der Waals surface area contributed by atoms with Gasteiger partial charge >= 0.3 is 0 Å². The molecule has 2 N–H and O–H groups in total. The highest BCUT2D eigenvalue weighted by Crippen LogP contribution is 2.05. The van der Waals surface area contributed by atoms with Gasteiger partial charge in [-0.15, -0.1) is 12.4 Å². The molecule has 1 aliphatic rings. The Balaban J connectivity index is 0.00000144. The van der Waals surface area contributed by atoms with E-state index in [0.29, 0.717) is 6.04 Å². The first-order valence-corrected chi connectivity index (χ1v) is 6.34. The van der Waals surface area contributed by atoms with Crippen LogP contribution in [0.3, 0.4) is 0 Å². The van der Waals surface area contributed by atoms with Gasteiger partial charge < -0.3 is 10.6 Å². The maximum Gasteiger partial charge on any atom is 0.0193 e. The molecule has 2 rings (SSSR count). The van der Waals surface area contributed by atoms with Crippen LogP contribution in [0.25, 0.3) is 0 Å². The summed E-state index contributed by atoms with van der Waals surface area (Å²) < 4.78 is 0. The molecular weight excluding hydrogens is 232 g/mol. The zero-order valence-corrected chi connectivity index (χ0v) is 11.4. The van der Waals surface area contributed by atoms with Gasteiger partial charge in [0.15, 0.2) is 0 Å². The number of piperidine rings is 1. The normalized spacial score (nSPS) is 19.7. The summed E-state index contributed by atoms with van der Waals surface area (Å²) in [6, 6.07) is 9.47. The molecule has 0 radical (unpaired) electrons. The lowest BCUT2D eigenvalue weighted by Crippen LogP contribution is -2.43. The van der Waals surface area contributed by atoms with Crippen LogP contribution in [0.5, 0.6) is 0 Å². The molecule has 0 spiro atoms. The first-order chi connectivity index (χ1) is 7.84. The molecule has 2 nitrogen and oxygen atoms in total. The summed E-state index contributed by atoms with van der Waals surface area (Å²) in [6.45, 7) is 5.57. The van der Waals surface area contributed by atoms with Gasteiger partial charge in [0.05, 0.1) is 0 Å². The fourth-order valence-electron chi connectivity index (χ4n) is 2.31. The predicted octanol–water partition coefficient (Wildman–Crippen LogP) is 2.30. The van der Waals surface area contributed by atoms with Crippen molar-refractivity contribution in [2.45, 2.75) is 32.2 Å². The van der Waals surface area contributed by atoms with Gasteiger partial charge in [-0.25, -0.2) is 0 Å². The Labute approximate surface area is 111 Å². The highest BCUT2D eigenvalue weighted by atomic mass is 35.5. The third-order valence-electron chi connectivity index (χ3n) is 3.23. The van der Waals surface area contributed by atoms with E-state index in [1.165, 1.54) is 30.5 Å². The minimum absolute atomic E-state index is 0. The summed E-state index contributed by atoms with van der Waals surface area (Å²) in [5.41, 5.74) is 2.80. The third-order valence-corrected chi connectivity index (χ3v) is 3.23. The standard InChI is InChI=1S/C14H22N2.ClH/c1-12-4-2-5-13(10-12)7-9-16-14-6-3-8-15-11-14;/h2,4-5,10,14-16H,3,6-9,11H2,1H3;1H. The van der Waals surface area contributed by atoms with Crippen LogP contribution in [0.1, 0.15) is 24.0 Å². The molecule has 0 aromatic heterocycles. The smallest absolute Gasteiger partial charge is 0.0193 e. The van der Waals surface area contributed by atoms with E-state index in [-0.39, 0.29) is 12.4 Å². The van der Waals surface area contributed by atoms with Gasteiger partial charge in [0, 0.05) is 12.6 Å². The fraction of sp³-hybridized carbons (Fsp3) is 0.571. The van der Waals surface area contributed by atoms with Crippen LogP contribution < -0.4 is 10.6 Å². The molecule has 96 valence electrons. The van der Waals surface area contributed by atoms with Crippen molar-refractivity contribution in [3.05, 3.63) is 35.4 Å².